The smallest absolute Gasteiger partial charge is 0.307 e. The minimum Gasteiger partial charge on any atom is -0.485 e. The van der Waals surface area contributed by atoms with Gasteiger partial charge in [0.1, 0.15) is 11.4 Å². The van der Waals surface area contributed by atoms with E-state index in [1.807, 2.05) is 0 Å². The summed E-state index contributed by atoms with van der Waals surface area (Å²) >= 11 is 11.8. The number of carbonyl (C=O) groups is 1. The third kappa shape index (κ3) is 2.85. The summed E-state index contributed by atoms with van der Waals surface area (Å²) < 4.78 is 5.76. The van der Waals surface area contributed by atoms with E-state index >= 15 is 0 Å². The zero-order valence-corrected chi connectivity index (χ0v) is 10.6. The molecule has 5 heteroatoms. The molecule has 92 valence electrons. The molecule has 1 N–H and O–H groups in total. The topological polar surface area (TPSA) is 46.5 Å². The number of hydrogen-bond donors (Lipinski definition) is 1. The van der Waals surface area contributed by atoms with E-state index in [1.54, 1.807) is 18.2 Å². The summed E-state index contributed by atoms with van der Waals surface area (Å²) in [6.45, 7) is 0. The van der Waals surface area contributed by atoms with Crippen molar-refractivity contribution in [3.63, 3.8) is 0 Å². The molecule has 0 unspecified atom stereocenters. The summed E-state index contributed by atoms with van der Waals surface area (Å²) in [6, 6.07) is 4.93. The summed E-state index contributed by atoms with van der Waals surface area (Å²) in [5, 5.41) is 9.85. The number of halogens is 2. The van der Waals surface area contributed by atoms with Gasteiger partial charge < -0.3 is 9.84 Å². The quantitative estimate of drug-likeness (QED) is 0.909. The molecule has 0 aliphatic heterocycles. The van der Waals surface area contributed by atoms with Crippen molar-refractivity contribution < 1.29 is 14.6 Å². The second-order valence-electron chi connectivity index (χ2n) is 4.28. The highest BCUT2D eigenvalue weighted by molar-refractivity contribution is 6.34. The first-order chi connectivity index (χ1) is 8.01. The second kappa shape index (κ2) is 4.75. The number of aliphatic carboxylic acids is 1. The molecule has 1 saturated carbocycles. The van der Waals surface area contributed by atoms with E-state index in [0.29, 0.717) is 15.8 Å². The molecule has 0 saturated heterocycles. The van der Waals surface area contributed by atoms with Crippen LogP contribution in [0.5, 0.6) is 5.75 Å². The van der Waals surface area contributed by atoms with Gasteiger partial charge in [0.25, 0.3) is 0 Å². The highest BCUT2D eigenvalue weighted by atomic mass is 35.5. The molecule has 0 bridgehead atoms. The molecule has 0 atom stereocenters. The molecule has 1 aliphatic rings. The number of carboxylic acids is 1. The molecular formula is C12H12Cl2O3. The van der Waals surface area contributed by atoms with Crippen molar-refractivity contribution in [2.24, 2.45) is 0 Å². The minimum atomic E-state index is -0.858. The highest BCUT2D eigenvalue weighted by Gasteiger charge is 2.41. The van der Waals surface area contributed by atoms with Gasteiger partial charge in [0.15, 0.2) is 0 Å². The molecule has 17 heavy (non-hydrogen) atoms. The number of rotatable bonds is 4. The van der Waals surface area contributed by atoms with Gasteiger partial charge in [-0.1, -0.05) is 23.2 Å². The Morgan fingerprint density at radius 3 is 2.65 bits per heavy atom. The van der Waals surface area contributed by atoms with Crippen molar-refractivity contribution in [1.29, 1.82) is 0 Å². The summed E-state index contributed by atoms with van der Waals surface area (Å²) in [5.74, 6) is -0.400. The molecule has 2 rings (SSSR count). The summed E-state index contributed by atoms with van der Waals surface area (Å²) in [5.41, 5.74) is -0.611. The average molecular weight is 275 g/mol. The standard InChI is InChI=1S/C12H12Cl2O3/c13-8-2-3-9(14)10(6-8)17-12(4-1-5-12)7-11(15)16/h2-3,6H,1,4-5,7H2,(H,15,16). The lowest BCUT2D eigenvalue weighted by atomic mass is 9.77. The molecule has 0 spiro atoms. The van der Waals surface area contributed by atoms with E-state index < -0.39 is 11.6 Å². The largest absolute Gasteiger partial charge is 0.485 e. The number of benzene rings is 1. The van der Waals surface area contributed by atoms with Gasteiger partial charge in [0.05, 0.1) is 11.4 Å². The van der Waals surface area contributed by atoms with Crippen molar-refractivity contribution in [1.82, 2.24) is 0 Å². The second-order valence-corrected chi connectivity index (χ2v) is 5.13. The van der Waals surface area contributed by atoms with Crippen LogP contribution in [-0.4, -0.2) is 16.7 Å². The molecule has 0 aromatic heterocycles. The summed E-state index contributed by atoms with van der Waals surface area (Å²) in [4.78, 5) is 10.8. The van der Waals surface area contributed by atoms with Crippen LogP contribution >= 0.6 is 23.2 Å². The predicted molar refractivity (Wildman–Crippen MR) is 65.9 cm³/mol. The molecule has 0 heterocycles. The van der Waals surface area contributed by atoms with Crippen LogP contribution in [0.25, 0.3) is 0 Å². The fraction of sp³-hybridized carbons (Fsp3) is 0.417. The van der Waals surface area contributed by atoms with Crippen molar-refractivity contribution in [2.45, 2.75) is 31.3 Å². The Morgan fingerprint density at radius 1 is 1.41 bits per heavy atom. The van der Waals surface area contributed by atoms with Crippen LogP contribution in [0.2, 0.25) is 10.0 Å². The van der Waals surface area contributed by atoms with Gasteiger partial charge in [-0.05, 0) is 31.4 Å². The van der Waals surface area contributed by atoms with Crippen LogP contribution in [0.4, 0.5) is 0 Å². The van der Waals surface area contributed by atoms with Gasteiger partial charge in [0, 0.05) is 11.1 Å². The zero-order chi connectivity index (χ0) is 12.5. The normalized spacial score (nSPS) is 17.3. The first-order valence-corrected chi connectivity index (χ1v) is 6.12. The Kier molecular flexibility index (Phi) is 3.50. The van der Waals surface area contributed by atoms with E-state index in [9.17, 15) is 4.79 Å². The van der Waals surface area contributed by atoms with Crippen molar-refractivity contribution in [2.75, 3.05) is 0 Å². The lowest BCUT2D eigenvalue weighted by molar-refractivity contribution is -0.144. The third-order valence-electron chi connectivity index (χ3n) is 2.96. The SMILES string of the molecule is O=C(O)CC1(Oc2cc(Cl)ccc2Cl)CCC1. The average Bonchev–Trinajstić information content (AvgIpc) is 2.19. The molecule has 1 aliphatic carbocycles. The lowest BCUT2D eigenvalue weighted by Crippen LogP contribution is -2.45. The highest BCUT2D eigenvalue weighted by Crippen LogP contribution is 2.41. The van der Waals surface area contributed by atoms with Gasteiger partial charge in [-0.15, -0.1) is 0 Å². The monoisotopic (exact) mass is 274 g/mol. The Morgan fingerprint density at radius 2 is 2.12 bits per heavy atom. The maximum atomic E-state index is 10.8. The minimum absolute atomic E-state index is 0.00412. The Balaban J connectivity index is 2.18. The maximum Gasteiger partial charge on any atom is 0.307 e. The van der Waals surface area contributed by atoms with Crippen LogP contribution < -0.4 is 4.74 Å². The maximum absolute atomic E-state index is 10.8. The Hall–Kier alpha value is -0.930. The van der Waals surface area contributed by atoms with Crippen LogP contribution in [0.1, 0.15) is 25.7 Å². The number of ether oxygens (including phenoxy) is 1. The van der Waals surface area contributed by atoms with E-state index in [2.05, 4.69) is 0 Å². The third-order valence-corrected chi connectivity index (χ3v) is 3.51. The van der Waals surface area contributed by atoms with E-state index in [0.717, 1.165) is 19.3 Å². The van der Waals surface area contributed by atoms with Crippen molar-refractivity contribution in [3.05, 3.63) is 28.2 Å². The van der Waals surface area contributed by atoms with Crippen LogP contribution in [0, 0.1) is 0 Å². The molecule has 1 fully saturated rings. The van der Waals surface area contributed by atoms with Crippen molar-refractivity contribution in [3.8, 4) is 5.75 Å². The van der Waals surface area contributed by atoms with E-state index in [1.165, 1.54) is 0 Å². The lowest BCUT2D eigenvalue weighted by Gasteiger charge is -2.41. The summed E-state index contributed by atoms with van der Waals surface area (Å²) in [6.07, 6.45) is 2.45. The van der Waals surface area contributed by atoms with Gasteiger partial charge in [-0.3, -0.25) is 4.79 Å². The molecule has 3 nitrogen and oxygen atoms in total. The number of carboxylic acid groups (broad SMARTS) is 1. The molecule has 1 aromatic carbocycles. The molecular weight excluding hydrogens is 263 g/mol. The molecule has 0 amide bonds. The number of hydrogen-bond acceptors (Lipinski definition) is 2. The van der Waals surface area contributed by atoms with Gasteiger partial charge in [0.2, 0.25) is 0 Å². The Bertz CT molecular complexity index is 441. The van der Waals surface area contributed by atoms with Crippen LogP contribution in [0.3, 0.4) is 0 Å². The predicted octanol–water partition coefficient (Wildman–Crippen LogP) is 3.77. The van der Waals surface area contributed by atoms with Crippen LogP contribution in [-0.2, 0) is 4.79 Å². The van der Waals surface area contributed by atoms with Gasteiger partial charge >= 0.3 is 5.97 Å². The zero-order valence-electron chi connectivity index (χ0n) is 9.08. The molecule has 1 aromatic rings. The van der Waals surface area contributed by atoms with E-state index in [4.69, 9.17) is 33.0 Å². The first kappa shape index (κ1) is 12.5. The van der Waals surface area contributed by atoms with E-state index in [-0.39, 0.29) is 6.42 Å². The van der Waals surface area contributed by atoms with Crippen LogP contribution in [0.15, 0.2) is 18.2 Å². The van der Waals surface area contributed by atoms with Gasteiger partial charge in [-0.2, -0.15) is 0 Å². The Labute approximate surface area is 109 Å². The first-order valence-electron chi connectivity index (χ1n) is 5.37. The fourth-order valence-electron chi connectivity index (χ4n) is 1.95. The van der Waals surface area contributed by atoms with Gasteiger partial charge in [-0.25, -0.2) is 0 Å². The van der Waals surface area contributed by atoms with Crippen molar-refractivity contribution >= 4 is 29.2 Å². The molecule has 0 radical (unpaired) electrons. The summed E-state index contributed by atoms with van der Waals surface area (Å²) in [7, 11) is 0. The fourth-order valence-corrected chi connectivity index (χ4v) is 2.27.